The van der Waals surface area contributed by atoms with E-state index in [2.05, 4.69) is 10.6 Å². The van der Waals surface area contributed by atoms with Crippen molar-refractivity contribution in [2.45, 2.75) is 62.7 Å². The molecule has 1 heterocycles. The number of rotatable bonds is 14. The second-order valence-electron chi connectivity index (χ2n) is 7.51. The van der Waals surface area contributed by atoms with Crippen molar-refractivity contribution in [3.05, 3.63) is 0 Å². The summed E-state index contributed by atoms with van der Waals surface area (Å²) in [5, 5.41) is 23.0. The Balaban J connectivity index is 2.80. The van der Waals surface area contributed by atoms with Crippen LogP contribution in [-0.4, -0.2) is 94.7 Å². The van der Waals surface area contributed by atoms with Crippen LogP contribution in [0.3, 0.4) is 0 Å². The van der Waals surface area contributed by atoms with E-state index in [-0.39, 0.29) is 12.3 Å². The molecule has 1 fully saturated rings. The standard InChI is InChI=1S/C19H35N5O6S/c1-31-10-7-13(16(26)23-14(11-25)19(29)30)22-17(27)15-6-4-9-24(15)18(28)12(21)5-2-3-8-20/h12-15,25H,2-11,20-21H2,1H3,(H,22,27)(H,23,26)(H,29,30). The molecule has 0 radical (unpaired) electrons. The summed E-state index contributed by atoms with van der Waals surface area (Å²) < 4.78 is 0. The number of carbonyl (C=O) groups excluding carboxylic acids is 3. The molecule has 1 rings (SSSR count). The Labute approximate surface area is 186 Å². The van der Waals surface area contributed by atoms with Gasteiger partial charge in [-0.25, -0.2) is 4.79 Å². The van der Waals surface area contributed by atoms with Gasteiger partial charge in [0.1, 0.15) is 18.1 Å². The zero-order valence-corrected chi connectivity index (χ0v) is 18.7. The summed E-state index contributed by atoms with van der Waals surface area (Å²) in [7, 11) is 0. The summed E-state index contributed by atoms with van der Waals surface area (Å²) >= 11 is 1.47. The lowest BCUT2D eigenvalue weighted by molar-refractivity contribution is -0.144. The Morgan fingerprint density at radius 1 is 1.16 bits per heavy atom. The smallest absolute Gasteiger partial charge is 0.328 e. The summed E-state index contributed by atoms with van der Waals surface area (Å²) in [6, 6.07) is -3.89. The number of carboxylic acids is 1. The van der Waals surface area contributed by atoms with E-state index in [1.54, 1.807) is 0 Å². The van der Waals surface area contributed by atoms with Crippen molar-refractivity contribution >= 4 is 35.5 Å². The van der Waals surface area contributed by atoms with E-state index in [0.29, 0.717) is 38.1 Å². The molecule has 1 aliphatic rings. The number of hydrogen-bond donors (Lipinski definition) is 6. The van der Waals surface area contributed by atoms with Crippen molar-refractivity contribution < 1.29 is 29.4 Å². The number of thioether (sulfide) groups is 1. The van der Waals surface area contributed by atoms with Gasteiger partial charge in [0.25, 0.3) is 0 Å². The number of aliphatic carboxylic acids is 1. The number of carboxylic acid groups (broad SMARTS) is 1. The highest BCUT2D eigenvalue weighted by atomic mass is 32.2. The first kappa shape index (κ1) is 27.1. The number of nitrogens with two attached hydrogens (primary N) is 2. The monoisotopic (exact) mass is 461 g/mol. The van der Waals surface area contributed by atoms with Gasteiger partial charge in [-0.15, -0.1) is 0 Å². The summed E-state index contributed by atoms with van der Waals surface area (Å²) in [5.74, 6) is -2.29. The second-order valence-corrected chi connectivity index (χ2v) is 8.49. The molecule has 12 heteroatoms. The first-order chi connectivity index (χ1) is 14.8. The third-order valence-corrected chi connectivity index (χ3v) is 5.81. The molecule has 0 aromatic heterocycles. The number of aliphatic hydroxyl groups is 1. The highest BCUT2D eigenvalue weighted by Gasteiger charge is 2.37. The molecule has 31 heavy (non-hydrogen) atoms. The minimum atomic E-state index is -1.46. The van der Waals surface area contributed by atoms with Crippen LogP contribution in [0, 0.1) is 0 Å². The average Bonchev–Trinajstić information content (AvgIpc) is 3.23. The van der Waals surface area contributed by atoms with Gasteiger partial charge in [0.05, 0.1) is 12.6 Å². The molecule has 4 unspecified atom stereocenters. The van der Waals surface area contributed by atoms with Gasteiger partial charge in [0.15, 0.2) is 0 Å². The molecule has 3 amide bonds. The van der Waals surface area contributed by atoms with Crippen LogP contribution in [0.4, 0.5) is 0 Å². The van der Waals surface area contributed by atoms with Gasteiger partial charge in [-0.05, 0) is 50.7 Å². The van der Waals surface area contributed by atoms with E-state index < -0.39 is 48.6 Å². The van der Waals surface area contributed by atoms with E-state index in [0.717, 1.165) is 12.8 Å². The van der Waals surface area contributed by atoms with E-state index in [9.17, 15) is 19.2 Å². The van der Waals surface area contributed by atoms with Crippen LogP contribution in [0.2, 0.25) is 0 Å². The first-order valence-corrected chi connectivity index (χ1v) is 11.9. The lowest BCUT2D eigenvalue weighted by Crippen LogP contribution is -2.57. The highest BCUT2D eigenvalue weighted by Crippen LogP contribution is 2.20. The van der Waals surface area contributed by atoms with Crippen molar-refractivity contribution in [1.29, 1.82) is 0 Å². The second kappa shape index (κ2) is 14.2. The van der Waals surface area contributed by atoms with Crippen LogP contribution >= 0.6 is 11.8 Å². The Bertz CT molecular complexity index is 623. The van der Waals surface area contributed by atoms with Crippen LogP contribution in [0.5, 0.6) is 0 Å². The fourth-order valence-corrected chi connectivity index (χ4v) is 3.85. The van der Waals surface area contributed by atoms with Crippen LogP contribution in [0.25, 0.3) is 0 Å². The van der Waals surface area contributed by atoms with E-state index >= 15 is 0 Å². The third kappa shape index (κ3) is 8.63. The van der Waals surface area contributed by atoms with Crippen LogP contribution in [-0.2, 0) is 19.2 Å². The number of unbranched alkanes of at least 4 members (excludes halogenated alkanes) is 1. The van der Waals surface area contributed by atoms with Crippen LogP contribution < -0.4 is 22.1 Å². The van der Waals surface area contributed by atoms with Crippen molar-refractivity contribution in [1.82, 2.24) is 15.5 Å². The average molecular weight is 462 g/mol. The predicted molar refractivity (Wildman–Crippen MR) is 117 cm³/mol. The van der Waals surface area contributed by atoms with Crippen molar-refractivity contribution in [3.63, 3.8) is 0 Å². The summed E-state index contributed by atoms with van der Waals surface area (Å²) in [4.78, 5) is 50.7. The van der Waals surface area contributed by atoms with Crippen molar-refractivity contribution in [2.75, 3.05) is 31.7 Å². The van der Waals surface area contributed by atoms with Gasteiger partial charge in [-0.1, -0.05) is 6.42 Å². The molecule has 1 aliphatic heterocycles. The number of amides is 3. The predicted octanol–water partition coefficient (Wildman–Crippen LogP) is -1.77. The highest BCUT2D eigenvalue weighted by molar-refractivity contribution is 7.98. The normalized spacial score (nSPS) is 18.8. The Kier molecular flexibility index (Phi) is 12.5. The quantitative estimate of drug-likeness (QED) is 0.163. The van der Waals surface area contributed by atoms with Crippen molar-refractivity contribution in [3.8, 4) is 0 Å². The van der Waals surface area contributed by atoms with Crippen LogP contribution in [0.15, 0.2) is 0 Å². The van der Waals surface area contributed by atoms with Gasteiger partial charge in [0.2, 0.25) is 17.7 Å². The zero-order chi connectivity index (χ0) is 23.4. The third-order valence-electron chi connectivity index (χ3n) is 5.17. The van der Waals surface area contributed by atoms with Gasteiger partial charge in [0, 0.05) is 6.54 Å². The maximum Gasteiger partial charge on any atom is 0.328 e. The minimum absolute atomic E-state index is 0.274. The molecule has 1 saturated heterocycles. The molecule has 178 valence electrons. The molecule has 11 nitrogen and oxygen atoms in total. The number of hydrogen-bond acceptors (Lipinski definition) is 8. The lowest BCUT2D eigenvalue weighted by atomic mass is 10.1. The molecule has 0 bridgehead atoms. The molecule has 0 aliphatic carbocycles. The maximum atomic E-state index is 12.9. The molecule has 0 saturated carbocycles. The molecule has 4 atom stereocenters. The van der Waals surface area contributed by atoms with Crippen LogP contribution in [0.1, 0.15) is 38.5 Å². The zero-order valence-electron chi connectivity index (χ0n) is 17.9. The Morgan fingerprint density at radius 2 is 1.87 bits per heavy atom. The molecule has 0 spiro atoms. The molecular formula is C19H35N5O6S. The minimum Gasteiger partial charge on any atom is -0.480 e. The van der Waals surface area contributed by atoms with E-state index in [1.165, 1.54) is 16.7 Å². The number of aliphatic hydroxyl groups excluding tert-OH is 1. The number of carbonyl (C=O) groups is 4. The Hall–Kier alpha value is -1.89. The van der Waals surface area contributed by atoms with Gasteiger partial charge in [-0.2, -0.15) is 11.8 Å². The van der Waals surface area contributed by atoms with E-state index in [1.807, 2.05) is 6.26 Å². The van der Waals surface area contributed by atoms with Gasteiger partial charge >= 0.3 is 5.97 Å². The summed E-state index contributed by atoms with van der Waals surface area (Å²) in [6.45, 7) is 0.167. The Morgan fingerprint density at radius 3 is 2.45 bits per heavy atom. The topological polar surface area (TPSA) is 188 Å². The van der Waals surface area contributed by atoms with Gasteiger partial charge in [-0.3, -0.25) is 14.4 Å². The summed E-state index contributed by atoms with van der Waals surface area (Å²) in [5.41, 5.74) is 11.5. The number of likely N-dealkylation sites (tertiary alicyclic amines) is 1. The number of nitrogens with zero attached hydrogens (tertiary/aromatic N) is 1. The SMILES string of the molecule is CSCCC(NC(=O)C1CCCN1C(=O)C(N)CCCCN)C(=O)NC(CO)C(=O)O. The lowest BCUT2D eigenvalue weighted by Gasteiger charge is -2.28. The maximum absolute atomic E-state index is 12.9. The fraction of sp³-hybridized carbons (Fsp3) is 0.789. The van der Waals surface area contributed by atoms with Gasteiger partial charge < -0.3 is 37.2 Å². The van der Waals surface area contributed by atoms with Crippen molar-refractivity contribution in [2.24, 2.45) is 11.5 Å². The fourth-order valence-electron chi connectivity index (χ4n) is 3.38. The van der Waals surface area contributed by atoms with E-state index in [4.69, 9.17) is 21.7 Å². The summed E-state index contributed by atoms with van der Waals surface area (Å²) in [6.07, 6.45) is 5.19. The molecule has 8 N–H and O–H groups in total. The molecule has 0 aromatic rings. The largest absolute Gasteiger partial charge is 0.480 e. The number of nitrogens with one attached hydrogen (secondary N) is 2. The molecular weight excluding hydrogens is 426 g/mol. The first-order valence-electron chi connectivity index (χ1n) is 10.5. The molecule has 0 aromatic carbocycles.